The standard InChI is InChI=1S/C20H33N3O3S/c1-4-5-6-7-18(3)21-20(24)16-22-12-14-23(15-13-22)27(25,26)19-10-8-17(2)9-11-19/h8-11,18H,4-7,12-16H2,1-3H3,(H,21,24)/p+1/t18-/m0/s1. The molecule has 1 aromatic carbocycles. The number of hydrogen-bond donors (Lipinski definition) is 2. The van der Waals surface area contributed by atoms with Crippen LogP contribution in [0.4, 0.5) is 0 Å². The van der Waals surface area contributed by atoms with Crippen molar-refractivity contribution in [2.45, 2.75) is 57.4 Å². The average molecular weight is 397 g/mol. The van der Waals surface area contributed by atoms with Crippen molar-refractivity contribution in [1.29, 1.82) is 0 Å². The number of nitrogens with zero attached hydrogens (tertiary/aromatic N) is 1. The van der Waals surface area contributed by atoms with Gasteiger partial charge in [-0.25, -0.2) is 8.42 Å². The molecule has 0 aliphatic carbocycles. The Labute approximate surface area is 164 Å². The third-order valence-electron chi connectivity index (χ3n) is 5.15. The molecule has 152 valence electrons. The van der Waals surface area contributed by atoms with Crippen molar-refractivity contribution in [3.05, 3.63) is 29.8 Å². The van der Waals surface area contributed by atoms with Gasteiger partial charge in [0.2, 0.25) is 10.0 Å². The van der Waals surface area contributed by atoms with Crippen LogP contribution in [0.5, 0.6) is 0 Å². The van der Waals surface area contributed by atoms with Crippen LogP contribution >= 0.6 is 0 Å². The first-order valence-corrected chi connectivity index (χ1v) is 11.5. The molecule has 1 amide bonds. The summed E-state index contributed by atoms with van der Waals surface area (Å²) in [6, 6.07) is 7.17. The first kappa shape index (κ1) is 21.9. The highest BCUT2D eigenvalue weighted by Gasteiger charge is 2.31. The summed E-state index contributed by atoms with van der Waals surface area (Å²) in [6.45, 7) is 8.78. The fraction of sp³-hybridized carbons (Fsp3) is 0.650. The Morgan fingerprint density at radius 2 is 1.81 bits per heavy atom. The Morgan fingerprint density at radius 3 is 2.41 bits per heavy atom. The van der Waals surface area contributed by atoms with E-state index in [0.717, 1.165) is 23.3 Å². The number of quaternary nitrogens is 1. The molecule has 1 saturated heterocycles. The smallest absolute Gasteiger partial charge is 0.275 e. The van der Waals surface area contributed by atoms with Crippen LogP contribution in [0, 0.1) is 6.92 Å². The van der Waals surface area contributed by atoms with Crippen molar-refractivity contribution >= 4 is 15.9 Å². The highest BCUT2D eigenvalue weighted by Crippen LogP contribution is 2.16. The van der Waals surface area contributed by atoms with Gasteiger partial charge in [0.15, 0.2) is 6.54 Å². The Bertz CT molecular complexity index is 696. The summed E-state index contributed by atoms with van der Waals surface area (Å²) in [5, 5.41) is 3.07. The third-order valence-corrected chi connectivity index (χ3v) is 7.06. The van der Waals surface area contributed by atoms with Crippen LogP contribution in [0.25, 0.3) is 0 Å². The largest absolute Gasteiger partial charge is 0.349 e. The number of amides is 1. The Balaban J connectivity index is 1.79. The van der Waals surface area contributed by atoms with Gasteiger partial charge >= 0.3 is 0 Å². The SMILES string of the molecule is CCCCC[C@H](C)NC(=O)C[NH+]1CCN(S(=O)(=O)c2ccc(C)cc2)CC1. The molecule has 2 N–H and O–H groups in total. The highest BCUT2D eigenvalue weighted by molar-refractivity contribution is 7.89. The topological polar surface area (TPSA) is 70.9 Å². The Morgan fingerprint density at radius 1 is 1.19 bits per heavy atom. The molecule has 0 bridgehead atoms. The molecule has 0 unspecified atom stereocenters. The number of benzene rings is 1. The van der Waals surface area contributed by atoms with Crippen LogP contribution in [-0.4, -0.2) is 57.4 Å². The van der Waals surface area contributed by atoms with E-state index in [0.29, 0.717) is 37.6 Å². The molecule has 0 aromatic heterocycles. The minimum atomic E-state index is -3.44. The molecule has 27 heavy (non-hydrogen) atoms. The van der Waals surface area contributed by atoms with Gasteiger partial charge in [-0.15, -0.1) is 0 Å². The molecule has 0 radical (unpaired) electrons. The summed E-state index contributed by atoms with van der Waals surface area (Å²) in [5.41, 5.74) is 1.04. The molecule has 1 fully saturated rings. The minimum absolute atomic E-state index is 0.0591. The van der Waals surface area contributed by atoms with Crippen LogP contribution in [-0.2, 0) is 14.8 Å². The number of sulfonamides is 1. The van der Waals surface area contributed by atoms with E-state index in [1.807, 2.05) is 19.1 Å². The second-order valence-corrected chi connectivity index (χ2v) is 9.55. The van der Waals surface area contributed by atoms with Crippen LogP contribution in [0.3, 0.4) is 0 Å². The summed E-state index contributed by atoms with van der Waals surface area (Å²) >= 11 is 0. The van der Waals surface area contributed by atoms with E-state index in [2.05, 4.69) is 19.2 Å². The zero-order valence-electron chi connectivity index (χ0n) is 16.8. The third kappa shape index (κ3) is 6.59. The highest BCUT2D eigenvalue weighted by atomic mass is 32.2. The first-order valence-electron chi connectivity index (χ1n) is 10.0. The lowest BCUT2D eigenvalue weighted by atomic mass is 10.1. The van der Waals surface area contributed by atoms with Crippen LogP contribution in [0.15, 0.2) is 29.2 Å². The number of carbonyl (C=O) groups excluding carboxylic acids is 1. The zero-order chi connectivity index (χ0) is 19.9. The van der Waals surface area contributed by atoms with Gasteiger partial charge in [-0.1, -0.05) is 43.9 Å². The van der Waals surface area contributed by atoms with E-state index in [-0.39, 0.29) is 11.9 Å². The minimum Gasteiger partial charge on any atom is -0.349 e. The van der Waals surface area contributed by atoms with E-state index in [1.165, 1.54) is 17.1 Å². The number of unbranched alkanes of at least 4 members (excludes halogenated alkanes) is 2. The van der Waals surface area contributed by atoms with Gasteiger partial charge < -0.3 is 10.2 Å². The van der Waals surface area contributed by atoms with E-state index < -0.39 is 10.0 Å². The number of aryl methyl sites for hydroxylation is 1. The molecule has 1 heterocycles. The predicted molar refractivity (Wildman–Crippen MR) is 107 cm³/mol. The quantitative estimate of drug-likeness (QED) is 0.611. The van der Waals surface area contributed by atoms with Crippen molar-refractivity contribution < 1.29 is 18.1 Å². The van der Waals surface area contributed by atoms with Crippen LogP contribution in [0.2, 0.25) is 0 Å². The van der Waals surface area contributed by atoms with Gasteiger partial charge in [-0.2, -0.15) is 4.31 Å². The normalized spacial score (nSPS) is 17.6. The summed E-state index contributed by atoms with van der Waals surface area (Å²) in [5.74, 6) is 0.0591. The maximum Gasteiger partial charge on any atom is 0.275 e. The molecule has 6 nitrogen and oxygen atoms in total. The fourth-order valence-corrected chi connectivity index (χ4v) is 4.85. The predicted octanol–water partition coefficient (Wildman–Crippen LogP) is 0.969. The summed E-state index contributed by atoms with van der Waals surface area (Å²) in [7, 11) is -3.44. The lowest BCUT2D eigenvalue weighted by molar-refractivity contribution is -0.895. The summed E-state index contributed by atoms with van der Waals surface area (Å²) in [4.78, 5) is 13.7. The molecular weight excluding hydrogens is 362 g/mol. The second-order valence-electron chi connectivity index (χ2n) is 7.61. The van der Waals surface area contributed by atoms with Crippen molar-refractivity contribution in [2.24, 2.45) is 0 Å². The first-order chi connectivity index (χ1) is 12.8. The molecule has 1 aliphatic rings. The maximum absolute atomic E-state index is 12.7. The van der Waals surface area contributed by atoms with Gasteiger partial charge in [0, 0.05) is 6.04 Å². The van der Waals surface area contributed by atoms with E-state index in [4.69, 9.17) is 0 Å². The lowest BCUT2D eigenvalue weighted by Crippen LogP contribution is -3.15. The zero-order valence-corrected chi connectivity index (χ0v) is 17.6. The van der Waals surface area contributed by atoms with Crippen LogP contribution < -0.4 is 10.2 Å². The molecular formula is C20H34N3O3S+. The number of piperazine rings is 1. The number of rotatable bonds is 9. The van der Waals surface area contributed by atoms with Crippen molar-refractivity contribution in [2.75, 3.05) is 32.7 Å². The second kappa shape index (κ2) is 10.2. The number of hydrogen-bond acceptors (Lipinski definition) is 3. The van der Waals surface area contributed by atoms with E-state index in [1.54, 1.807) is 12.1 Å². The van der Waals surface area contributed by atoms with Crippen molar-refractivity contribution in [3.8, 4) is 0 Å². The molecule has 0 saturated carbocycles. The lowest BCUT2D eigenvalue weighted by Gasteiger charge is -2.31. The maximum atomic E-state index is 12.7. The van der Waals surface area contributed by atoms with Gasteiger partial charge in [0.25, 0.3) is 5.91 Å². The molecule has 2 rings (SSSR count). The van der Waals surface area contributed by atoms with Gasteiger partial charge in [-0.3, -0.25) is 4.79 Å². The van der Waals surface area contributed by atoms with Crippen molar-refractivity contribution in [3.63, 3.8) is 0 Å². The molecule has 1 aromatic rings. The summed E-state index contributed by atoms with van der Waals surface area (Å²) < 4.78 is 27.0. The monoisotopic (exact) mass is 396 g/mol. The average Bonchev–Trinajstić information content (AvgIpc) is 2.62. The molecule has 7 heteroatoms. The van der Waals surface area contributed by atoms with Gasteiger partial charge in [0.1, 0.15) is 0 Å². The fourth-order valence-electron chi connectivity index (χ4n) is 3.40. The van der Waals surface area contributed by atoms with Gasteiger partial charge in [0.05, 0.1) is 31.1 Å². The molecule has 1 atom stereocenters. The number of nitrogens with one attached hydrogen (secondary N) is 2. The molecule has 0 spiro atoms. The Kier molecular flexibility index (Phi) is 8.26. The number of carbonyl (C=O) groups is 1. The van der Waals surface area contributed by atoms with E-state index in [9.17, 15) is 13.2 Å². The van der Waals surface area contributed by atoms with Gasteiger partial charge in [-0.05, 0) is 32.4 Å². The Hall–Kier alpha value is -1.44. The van der Waals surface area contributed by atoms with E-state index >= 15 is 0 Å². The van der Waals surface area contributed by atoms with Crippen LogP contribution in [0.1, 0.15) is 45.1 Å². The molecule has 1 aliphatic heterocycles. The summed E-state index contributed by atoms with van der Waals surface area (Å²) in [6.07, 6.45) is 4.53. The van der Waals surface area contributed by atoms with Crippen molar-refractivity contribution in [1.82, 2.24) is 9.62 Å².